The number of pyridine rings is 1. The van der Waals surface area contributed by atoms with E-state index in [4.69, 9.17) is 0 Å². The average Bonchev–Trinajstić information content (AvgIpc) is 3.09. The molecule has 3 heteroatoms. The molecule has 1 N–H and O–H groups in total. The molecule has 1 aromatic heterocycles. The van der Waals surface area contributed by atoms with Crippen molar-refractivity contribution in [2.45, 2.75) is 58.2 Å². The SMILES string of the molecule is Cc1cc(N2CCCC2C)c(CNC2CC2)cn1. The normalized spacial score (nSPS) is 23.7. The van der Waals surface area contributed by atoms with Crippen LogP contribution in [0, 0.1) is 6.92 Å². The van der Waals surface area contributed by atoms with E-state index in [0.717, 1.165) is 18.3 Å². The number of aromatic nitrogens is 1. The maximum absolute atomic E-state index is 4.47. The van der Waals surface area contributed by atoms with Gasteiger partial charge in [-0.25, -0.2) is 0 Å². The van der Waals surface area contributed by atoms with Gasteiger partial charge in [0, 0.05) is 48.3 Å². The molecule has 3 rings (SSSR count). The van der Waals surface area contributed by atoms with Crippen LogP contribution in [-0.4, -0.2) is 23.6 Å². The molecule has 1 unspecified atom stereocenters. The summed E-state index contributed by atoms with van der Waals surface area (Å²) in [6.07, 6.45) is 7.38. The van der Waals surface area contributed by atoms with Crippen molar-refractivity contribution in [1.82, 2.24) is 10.3 Å². The van der Waals surface area contributed by atoms with Gasteiger partial charge in [-0.2, -0.15) is 0 Å². The Kier molecular flexibility index (Phi) is 3.25. The molecule has 1 saturated carbocycles. The Morgan fingerprint density at radius 3 is 2.89 bits per heavy atom. The van der Waals surface area contributed by atoms with E-state index in [1.165, 1.54) is 43.5 Å². The van der Waals surface area contributed by atoms with Gasteiger partial charge in [-0.3, -0.25) is 4.98 Å². The number of rotatable bonds is 4. The summed E-state index contributed by atoms with van der Waals surface area (Å²) >= 11 is 0. The Balaban J connectivity index is 1.82. The van der Waals surface area contributed by atoms with Crippen molar-refractivity contribution < 1.29 is 0 Å². The lowest BCUT2D eigenvalue weighted by molar-refractivity contribution is 0.676. The zero-order valence-corrected chi connectivity index (χ0v) is 11.4. The van der Waals surface area contributed by atoms with Gasteiger partial charge in [0.05, 0.1) is 0 Å². The summed E-state index contributed by atoms with van der Waals surface area (Å²) in [7, 11) is 0. The van der Waals surface area contributed by atoms with Gasteiger partial charge in [-0.05, 0) is 45.6 Å². The predicted octanol–water partition coefficient (Wildman–Crippen LogP) is 2.63. The Bertz CT molecular complexity index is 426. The van der Waals surface area contributed by atoms with Crippen LogP contribution >= 0.6 is 0 Å². The first-order valence-corrected chi connectivity index (χ1v) is 7.19. The maximum atomic E-state index is 4.47. The first kappa shape index (κ1) is 12.0. The summed E-state index contributed by atoms with van der Waals surface area (Å²) in [4.78, 5) is 7.02. The van der Waals surface area contributed by atoms with Crippen LogP contribution in [-0.2, 0) is 6.54 Å². The van der Waals surface area contributed by atoms with Crippen molar-refractivity contribution in [3.05, 3.63) is 23.5 Å². The molecule has 0 amide bonds. The van der Waals surface area contributed by atoms with Crippen LogP contribution in [0.15, 0.2) is 12.3 Å². The van der Waals surface area contributed by atoms with Crippen molar-refractivity contribution >= 4 is 5.69 Å². The van der Waals surface area contributed by atoms with E-state index in [-0.39, 0.29) is 0 Å². The molecule has 18 heavy (non-hydrogen) atoms. The summed E-state index contributed by atoms with van der Waals surface area (Å²) in [5, 5.41) is 3.60. The summed E-state index contributed by atoms with van der Waals surface area (Å²) in [6, 6.07) is 3.69. The highest BCUT2D eigenvalue weighted by Crippen LogP contribution is 2.29. The summed E-state index contributed by atoms with van der Waals surface area (Å²) in [5.74, 6) is 0. The lowest BCUT2D eigenvalue weighted by atomic mass is 10.1. The zero-order valence-electron chi connectivity index (χ0n) is 11.4. The molecule has 98 valence electrons. The van der Waals surface area contributed by atoms with E-state index in [9.17, 15) is 0 Å². The van der Waals surface area contributed by atoms with E-state index < -0.39 is 0 Å². The van der Waals surface area contributed by atoms with E-state index in [2.05, 4.69) is 41.3 Å². The third-order valence-corrected chi connectivity index (χ3v) is 4.12. The first-order valence-electron chi connectivity index (χ1n) is 7.19. The molecule has 0 bridgehead atoms. The van der Waals surface area contributed by atoms with Gasteiger partial charge >= 0.3 is 0 Å². The number of anilines is 1. The summed E-state index contributed by atoms with van der Waals surface area (Å²) < 4.78 is 0. The number of hydrogen-bond acceptors (Lipinski definition) is 3. The van der Waals surface area contributed by atoms with Crippen LogP contribution in [0.25, 0.3) is 0 Å². The molecule has 0 radical (unpaired) electrons. The topological polar surface area (TPSA) is 28.2 Å². The molecule has 1 saturated heterocycles. The minimum atomic E-state index is 0.673. The van der Waals surface area contributed by atoms with E-state index in [1.807, 2.05) is 0 Å². The Morgan fingerprint density at radius 2 is 2.22 bits per heavy atom. The van der Waals surface area contributed by atoms with Crippen LogP contribution in [0.3, 0.4) is 0 Å². The zero-order chi connectivity index (χ0) is 12.5. The largest absolute Gasteiger partial charge is 0.368 e. The van der Waals surface area contributed by atoms with E-state index >= 15 is 0 Å². The maximum Gasteiger partial charge on any atom is 0.0447 e. The van der Waals surface area contributed by atoms with Crippen LogP contribution in [0.1, 0.15) is 43.9 Å². The molecular weight excluding hydrogens is 222 g/mol. The van der Waals surface area contributed by atoms with Gasteiger partial charge in [0.25, 0.3) is 0 Å². The molecule has 2 heterocycles. The summed E-state index contributed by atoms with van der Waals surface area (Å²) in [5.41, 5.74) is 3.89. The second-order valence-electron chi connectivity index (χ2n) is 5.79. The minimum Gasteiger partial charge on any atom is -0.368 e. The van der Waals surface area contributed by atoms with Crippen LogP contribution in [0.5, 0.6) is 0 Å². The van der Waals surface area contributed by atoms with Crippen molar-refractivity contribution in [2.24, 2.45) is 0 Å². The second-order valence-corrected chi connectivity index (χ2v) is 5.79. The number of nitrogens with zero attached hydrogens (tertiary/aromatic N) is 2. The highest BCUT2D eigenvalue weighted by atomic mass is 15.2. The highest BCUT2D eigenvalue weighted by Gasteiger charge is 2.24. The predicted molar refractivity (Wildman–Crippen MR) is 74.9 cm³/mol. The number of aryl methyl sites for hydroxylation is 1. The molecule has 2 aliphatic rings. The van der Waals surface area contributed by atoms with Gasteiger partial charge in [0.1, 0.15) is 0 Å². The molecule has 1 aliphatic carbocycles. The smallest absolute Gasteiger partial charge is 0.0447 e. The molecule has 1 atom stereocenters. The van der Waals surface area contributed by atoms with Crippen LogP contribution in [0.4, 0.5) is 5.69 Å². The van der Waals surface area contributed by atoms with Crippen molar-refractivity contribution in [2.75, 3.05) is 11.4 Å². The minimum absolute atomic E-state index is 0.673. The fraction of sp³-hybridized carbons (Fsp3) is 0.667. The molecule has 1 aromatic rings. The second kappa shape index (κ2) is 4.88. The van der Waals surface area contributed by atoms with Crippen molar-refractivity contribution in [1.29, 1.82) is 0 Å². The van der Waals surface area contributed by atoms with E-state index in [1.54, 1.807) is 0 Å². The van der Waals surface area contributed by atoms with E-state index in [0.29, 0.717) is 6.04 Å². The Hall–Kier alpha value is -1.09. The third-order valence-electron chi connectivity index (χ3n) is 4.12. The van der Waals surface area contributed by atoms with Crippen LogP contribution < -0.4 is 10.2 Å². The quantitative estimate of drug-likeness (QED) is 0.884. The van der Waals surface area contributed by atoms with Gasteiger partial charge in [0.2, 0.25) is 0 Å². The standard InChI is InChI=1S/C15H23N3/c1-11-8-15(18-7-3-4-12(18)2)13(9-16-11)10-17-14-5-6-14/h8-9,12,14,17H,3-7,10H2,1-2H3. The van der Waals surface area contributed by atoms with Gasteiger partial charge in [-0.1, -0.05) is 0 Å². The van der Waals surface area contributed by atoms with Gasteiger partial charge in [-0.15, -0.1) is 0 Å². The van der Waals surface area contributed by atoms with Crippen molar-refractivity contribution in [3.63, 3.8) is 0 Å². The lowest BCUT2D eigenvalue weighted by Gasteiger charge is -2.26. The van der Waals surface area contributed by atoms with Gasteiger partial charge < -0.3 is 10.2 Å². The first-order chi connectivity index (χ1) is 8.74. The Labute approximate surface area is 110 Å². The van der Waals surface area contributed by atoms with Crippen molar-refractivity contribution in [3.8, 4) is 0 Å². The number of nitrogens with one attached hydrogen (secondary N) is 1. The Morgan fingerprint density at radius 1 is 1.39 bits per heavy atom. The molecule has 0 aromatic carbocycles. The van der Waals surface area contributed by atoms with Crippen LogP contribution in [0.2, 0.25) is 0 Å². The lowest BCUT2D eigenvalue weighted by Crippen LogP contribution is -2.28. The molecule has 0 spiro atoms. The summed E-state index contributed by atoms with van der Waals surface area (Å²) in [6.45, 7) is 6.58. The number of hydrogen-bond donors (Lipinski definition) is 1. The highest BCUT2D eigenvalue weighted by molar-refractivity contribution is 5.55. The molecule has 3 nitrogen and oxygen atoms in total. The average molecular weight is 245 g/mol. The fourth-order valence-corrected chi connectivity index (χ4v) is 2.81. The molecular formula is C15H23N3. The molecule has 1 aliphatic heterocycles. The monoisotopic (exact) mass is 245 g/mol. The fourth-order valence-electron chi connectivity index (χ4n) is 2.81. The third kappa shape index (κ3) is 2.51. The molecule has 2 fully saturated rings. The van der Waals surface area contributed by atoms with Gasteiger partial charge in [0.15, 0.2) is 0 Å².